The Morgan fingerprint density at radius 2 is 1.45 bits per heavy atom. The normalized spacial score (nSPS) is 12.8. The molecule has 0 aliphatic heterocycles. The average Bonchev–Trinajstić information content (AvgIpc) is 3.74. The van der Waals surface area contributed by atoms with Crippen LogP contribution < -0.4 is 32.0 Å². The second-order valence-corrected chi connectivity index (χ2v) is 15.4. The summed E-state index contributed by atoms with van der Waals surface area (Å²) < 4.78 is 40.3. The molecule has 6 N–H and O–H groups in total. The van der Waals surface area contributed by atoms with E-state index in [1.54, 1.807) is 37.4 Å². The van der Waals surface area contributed by atoms with Crippen molar-refractivity contribution < 1.29 is 52.3 Å². The molecule has 2 aromatic carbocycles. The quantitative estimate of drug-likeness (QED) is 0.0414. The van der Waals surface area contributed by atoms with Gasteiger partial charge in [-0.05, 0) is 60.7 Å². The van der Waals surface area contributed by atoms with Crippen molar-refractivity contribution in [3.05, 3.63) is 101 Å². The van der Waals surface area contributed by atoms with Crippen molar-refractivity contribution in [2.24, 2.45) is 18.7 Å². The Morgan fingerprint density at radius 3 is 2.08 bits per heavy atom. The molecule has 3 aromatic heterocycles. The Labute approximate surface area is 382 Å². The van der Waals surface area contributed by atoms with Crippen molar-refractivity contribution in [1.29, 1.82) is 0 Å². The van der Waals surface area contributed by atoms with Gasteiger partial charge in [-0.1, -0.05) is 44.2 Å². The number of hydrogen-bond donors (Lipinski definition) is 5. The zero-order valence-corrected chi connectivity index (χ0v) is 37.5. The number of ether oxygens (including phenoxy) is 6. The van der Waals surface area contributed by atoms with Gasteiger partial charge in [0.15, 0.2) is 5.58 Å². The smallest absolute Gasteiger partial charge is 0.274 e. The monoisotopic (exact) mass is 916 g/mol. The van der Waals surface area contributed by atoms with E-state index in [9.17, 15) is 24.3 Å². The predicted octanol–water partition coefficient (Wildman–Crippen LogP) is 2.28. The lowest BCUT2D eigenvalue weighted by molar-refractivity contribution is -0.135. The molecule has 20 heteroatoms. The maximum atomic E-state index is 12.9. The van der Waals surface area contributed by atoms with Crippen LogP contribution in [0.2, 0.25) is 0 Å². The Kier molecular flexibility index (Phi) is 21.1. The number of nitrogens with two attached hydrogens (primary N) is 1. The van der Waals surface area contributed by atoms with Crippen LogP contribution in [0.5, 0.6) is 5.75 Å². The summed E-state index contributed by atoms with van der Waals surface area (Å²) in [5.74, 6) is -0.600. The third kappa shape index (κ3) is 17.3. The molecule has 3 heterocycles. The summed E-state index contributed by atoms with van der Waals surface area (Å²) in [6, 6.07) is 18.9. The Hall–Kier alpha value is -6.13. The van der Waals surface area contributed by atoms with E-state index in [2.05, 4.69) is 31.0 Å². The third-order valence-corrected chi connectivity index (χ3v) is 9.65. The molecule has 3 amide bonds. The van der Waals surface area contributed by atoms with E-state index in [0.717, 1.165) is 5.56 Å². The molecule has 0 aliphatic rings. The second-order valence-electron chi connectivity index (χ2n) is 15.4. The first-order chi connectivity index (χ1) is 32.0. The standard InChI is InChI=1S/C46H60N8O12/c1-31(2)27-39(51-45(59)42(56)35(47)28-32-7-5-4-6-8-32)43(57)48-15-16-60-17-18-61-19-20-62-21-22-63-23-24-64-25-26-65-34-10-11-36(49-30-34)44(58)50-33-9-13-40-38(29-33)52-46(66-40)37-12-14-41(55)54(3)53-37/h4-14,29-31,35,39,42,56H,15-28,47H2,1-3H3,(H,48,57)(H,50,58)(H,51,59)/t35-,39+,42+/m1/s1. The fraction of sp³-hybridized carbons (Fsp3) is 0.457. The minimum absolute atomic E-state index is 0.122. The van der Waals surface area contributed by atoms with Gasteiger partial charge in [-0.2, -0.15) is 5.10 Å². The molecule has 0 saturated carbocycles. The number of nitrogens with zero attached hydrogens (tertiary/aromatic N) is 4. The van der Waals surface area contributed by atoms with Crippen molar-refractivity contribution >= 4 is 34.5 Å². The number of carbonyl (C=O) groups is 3. The van der Waals surface area contributed by atoms with Crippen LogP contribution >= 0.6 is 0 Å². The fourth-order valence-electron chi connectivity index (χ4n) is 6.25. The molecule has 0 saturated heterocycles. The molecule has 0 radical (unpaired) electrons. The van der Waals surface area contributed by atoms with Gasteiger partial charge < -0.3 is 59.6 Å². The van der Waals surface area contributed by atoms with Crippen LogP contribution in [0.1, 0.15) is 36.3 Å². The molecular weight excluding hydrogens is 857 g/mol. The summed E-state index contributed by atoms with van der Waals surface area (Å²) in [6.07, 6.45) is 0.718. The lowest BCUT2D eigenvalue weighted by Crippen LogP contribution is -2.54. The zero-order chi connectivity index (χ0) is 47.1. The minimum Gasteiger partial charge on any atom is -0.490 e. The maximum Gasteiger partial charge on any atom is 0.274 e. The summed E-state index contributed by atoms with van der Waals surface area (Å²) in [5.41, 5.74) is 8.85. The molecule has 0 fully saturated rings. The number of hydrogen-bond acceptors (Lipinski definition) is 16. The van der Waals surface area contributed by atoms with Crippen molar-refractivity contribution in [3.8, 4) is 17.3 Å². The molecule has 3 atom stereocenters. The number of aromatic nitrogens is 4. The largest absolute Gasteiger partial charge is 0.490 e. The molecule has 5 aromatic rings. The highest BCUT2D eigenvalue weighted by atomic mass is 16.6. The molecule has 0 bridgehead atoms. The molecule has 356 valence electrons. The van der Waals surface area contributed by atoms with Gasteiger partial charge in [0.25, 0.3) is 17.4 Å². The van der Waals surface area contributed by atoms with Crippen LogP contribution in [0.4, 0.5) is 5.69 Å². The van der Waals surface area contributed by atoms with E-state index < -0.39 is 30.0 Å². The van der Waals surface area contributed by atoms with Crippen LogP contribution in [0.25, 0.3) is 22.7 Å². The molecule has 0 aliphatic carbocycles. The van der Waals surface area contributed by atoms with E-state index in [-0.39, 0.29) is 48.7 Å². The molecule has 20 nitrogen and oxygen atoms in total. The number of amides is 3. The van der Waals surface area contributed by atoms with Gasteiger partial charge in [0.05, 0.1) is 72.3 Å². The number of oxazole rings is 1. The SMILES string of the molecule is CC(C)C[C@H](NC(=O)[C@@H](O)[C@H](N)Cc1ccccc1)C(=O)NCCOCCOCCOCCOCCOCCOc1ccc(C(=O)Nc2ccc3oc(-c4ccc(=O)n(C)n4)nc3c2)nc1. The van der Waals surface area contributed by atoms with Gasteiger partial charge >= 0.3 is 0 Å². The number of aliphatic hydroxyl groups excluding tert-OH is 1. The van der Waals surface area contributed by atoms with Gasteiger partial charge in [0.1, 0.15) is 41.4 Å². The summed E-state index contributed by atoms with van der Waals surface area (Å²) in [4.78, 5) is 58.7. The molecule has 0 spiro atoms. The minimum atomic E-state index is -1.46. The van der Waals surface area contributed by atoms with E-state index in [4.69, 9.17) is 38.6 Å². The van der Waals surface area contributed by atoms with Crippen LogP contribution in [-0.4, -0.2) is 140 Å². The lowest BCUT2D eigenvalue weighted by Gasteiger charge is -2.24. The van der Waals surface area contributed by atoms with Gasteiger partial charge in [0, 0.05) is 31.4 Å². The Bertz CT molecular complexity index is 2310. The number of benzene rings is 2. The molecule has 0 unspecified atom stereocenters. The number of carbonyl (C=O) groups excluding carboxylic acids is 3. The van der Waals surface area contributed by atoms with Gasteiger partial charge in [0.2, 0.25) is 11.8 Å². The highest BCUT2D eigenvalue weighted by molar-refractivity contribution is 6.03. The number of anilines is 1. The highest BCUT2D eigenvalue weighted by Crippen LogP contribution is 2.25. The topological polar surface area (TPSA) is 263 Å². The van der Waals surface area contributed by atoms with Crippen LogP contribution in [-0.2, 0) is 46.7 Å². The summed E-state index contributed by atoms with van der Waals surface area (Å²) in [5, 5.41) is 22.9. The second kappa shape index (κ2) is 27.4. The number of rotatable bonds is 30. The molecule has 5 rings (SSSR count). The Morgan fingerprint density at radius 1 is 0.803 bits per heavy atom. The van der Waals surface area contributed by atoms with Gasteiger partial charge in [-0.3, -0.25) is 19.2 Å². The van der Waals surface area contributed by atoms with Crippen molar-refractivity contribution in [2.75, 3.05) is 84.5 Å². The van der Waals surface area contributed by atoms with Crippen molar-refractivity contribution in [3.63, 3.8) is 0 Å². The van der Waals surface area contributed by atoms with Crippen molar-refractivity contribution in [2.45, 2.75) is 44.9 Å². The first-order valence-corrected chi connectivity index (χ1v) is 21.8. The fourth-order valence-corrected chi connectivity index (χ4v) is 6.25. The van der Waals surface area contributed by atoms with E-state index >= 15 is 0 Å². The maximum absolute atomic E-state index is 12.9. The number of pyridine rings is 1. The Balaban J connectivity index is 0.817. The average molecular weight is 917 g/mol. The summed E-state index contributed by atoms with van der Waals surface area (Å²) in [7, 11) is 1.54. The first kappa shape index (κ1) is 50.9. The lowest BCUT2D eigenvalue weighted by atomic mass is 10.00. The number of nitrogens with one attached hydrogen (secondary N) is 3. The molecular formula is C46H60N8O12. The van der Waals surface area contributed by atoms with Crippen LogP contribution in [0.15, 0.2) is 88.2 Å². The van der Waals surface area contributed by atoms with Gasteiger partial charge in [-0.25, -0.2) is 14.6 Å². The van der Waals surface area contributed by atoms with E-state index in [1.165, 1.54) is 23.0 Å². The zero-order valence-electron chi connectivity index (χ0n) is 37.5. The predicted molar refractivity (Wildman–Crippen MR) is 243 cm³/mol. The molecule has 66 heavy (non-hydrogen) atoms. The summed E-state index contributed by atoms with van der Waals surface area (Å²) >= 11 is 0. The van der Waals surface area contributed by atoms with Crippen LogP contribution in [0, 0.1) is 5.92 Å². The summed E-state index contributed by atoms with van der Waals surface area (Å²) in [6.45, 7) is 8.03. The first-order valence-electron chi connectivity index (χ1n) is 21.8. The number of aliphatic hydroxyl groups is 1. The van der Waals surface area contributed by atoms with E-state index in [1.807, 2.05) is 44.2 Å². The van der Waals surface area contributed by atoms with E-state index in [0.29, 0.717) is 101 Å². The number of fused-ring (bicyclic) bond motifs is 1. The third-order valence-electron chi connectivity index (χ3n) is 9.65. The van der Waals surface area contributed by atoms with Gasteiger partial charge in [-0.15, -0.1) is 0 Å². The highest BCUT2D eigenvalue weighted by Gasteiger charge is 2.28. The van der Waals surface area contributed by atoms with Crippen molar-refractivity contribution in [1.82, 2.24) is 30.4 Å². The number of aryl methyl sites for hydroxylation is 1. The van der Waals surface area contributed by atoms with Crippen LogP contribution in [0.3, 0.4) is 0 Å².